The molecule has 5 heteroatoms. The first-order chi connectivity index (χ1) is 13.9. The lowest BCUT2D eigenvalue weighted by molar-refractivity contribution is -0.178. The van der Waals surface area contributed by atoms with Gasteiger partial charge in [-0.2, -0.15) is 0 Å². The van der Waals surface area contributed by atoms with Crippen molar-refractivity contribution < 1.29 is 24.9 Å². The van der Waals surface area contributed by atoms with E-state index in [-0.39, 0.29) is 36.1 Å². The van der Waals surface area contributed by atoms with E-state index < -0.39 is 5.97 Å². The number of unbranched alkanes of at least 4 members (excludes halogenated alkanes) is 1. The van der Waals surface area contributed by atoms with Crippen LogP contribution in [-0.2, 0) is 9.53 Å². The molecule has 0 amide bonds. The van der Waals surface area contributed by atoms with Gasteiger partial charge in [-0.15, -0.1) is 0 Å². The number of fused-ring (bicyclic) bond motifs is 1. The number of aliphatic carboxylic acids is 1. The first kappa shape index (κ1) is 22.8. The quantitative estimate of drug-likeness (QED) is 0.391. The van der Waals surface area contributed by atoms with Gasteiger partial charge in [-0.1, -0.05) is 32.3 Å². The van der Waals surface area contributed by atoms with Gasteiger partial charge in [-0.3, -0.25) is 4.79 Å². The van der Waals surface area contributed by atoms with E-state index in [1.807, 2.05) is 0 Å². The van der Waals surface area contributed by atoms with Gasteiger partial charge in [0, 0.05) is 19.4 Å². The summed E-state index contributed by atoms with van der Waals surface area (Å²) in [6, 6.07) is 0. The maximum absolute atomic E-state index is 10.8. The Labute approximate surface area is 175 Å². The molecule has 6 atom stereocenters. The fourth-order valence-corrected chi connectivity index (χ4v) is 6.64. The van der Waals surface area contributed by atoms with Crippen LogP contribution < -0.4 is 0 Å². The van der Waals surface area contributed by atoms with Crippen molar-refractivity contribution in [1.82, 2.24) is 0 Å². The number of hydrogen-bond acceptors (Lipinski definition) is 4. The number of carboxylic acid groups (broad SMARTS) is 1. The van der Waals surface area contributed by atoms with Crippen LogP contribution in [0.15, 0.2) is 11.6 Å². The molecule has 3 saturated carbocycles. The Kier molecular flexibility index (Phi) is 7.80. The fraction of sp³-hybridized carbons (Fsp3) is 0.875. The van der Waals surface area contributed by atoms with E-state index in [4.69, 9.17) is 9.84 Å². The predicted octanol–water partition coefficient (Wildman–Crippen LogP) is 4.31. The fourth-order valence-electron chi connectivity index (χ4n) is 6.64. The van der Waals surface area contributed by atoms with Crippen LogP contribution in [-0.4, -0.2) is 46.2 Å². The van der Waals surface area contributed by atoms with Crippen LogP contribution in [0.5, 0.6) is 0 Å². The standard InChI is InChI=1S/C24H40O5/c1-16-19(10-6-7-11-22(27)28)24(29-2)15-14-21(26)18(23(16)24)12-13-20(25)17-8-4-3-5-9-17/h10,16-18,20-21,23,25-26H,3-9,11-15H2,1-2H3,(H,27,28)/t16?,18-,20?,21+,23+,24-/m0/s1. The van der Waals surface area contributed by atoms with E-state index in [1.54, 1.807) is 7.11 Å². The smallest absolute Gasteiger partial charge is 0.303 e. The first-order valence-electron chi connectivity index (χ1n) is 11.7. The largest absolute Gasteiger partial charge is 0.481 e. The van der Waals surface area contributed by atoms with E-state index >= 15 is 0 Å². The first-order valence-corrected chi connectivity index (χ1v) is 11.7. The molecular formula is C24H40O5. The van der Waals surface area contributed by atoms with E-state index in [0.29, 0.717) is 18.3 Å². The molecule has 3 aliphatic rings. The number of rotatable bonds is 9. The minimum atomic E-state index is -0.748. The highest BCUT2D eigenvalue weighted by Crippen LogP contribution is 2.61. The van der Waals surface area contributed by atoms with Gasteiger partial charge in [-0.05, 0) is 74.7 Å². The summed E-state index contributed by atoms with van der Waals surface area (Å²) < 4.78 is 6.08. The lowest BCUT2D eigenvalue weighted by Crippen LogP contribution is -2.64. The number of ether oxygens (including phenoxy) is 1. The molecule has 3 N–H and O–H groups in total. The molecular weight excluding hydrogens is 368 g/mol. The molecule has 0 aromatic heterocycles. The minimum absolute atomic E-state index is 0.160. The van der Waals surface area contributed by atoms with Gasteiger partial charge in [0.05, 0.1) is 17.8 Å². The van der Waals surface area contributed by atoms with Crippen molar-refractivity contribution in [3.05, 3.63) is 11.6 Å². The summed E-state index contributed by atoms with van der Waals surface area (Å²) >= 11 is 0. The van der Waals surface area contributed by atoms with E-state index in [2.05, 4.69) is 13.0 Å². The zero-order chi connectivity index (χ0) is 21.0. The van der Waals surface area contributed by atoms with Crippen molar-refractivity contribution in [1.29, 1.82) is 0 Å². The lowest BCUT2D eigenvalue weighted by Gasteiger charge is -2.62. The third kappa shape index (κ3) is 4.72. The van der Waals surface area contributed by atoms with E-state index in [0.717, 1.165) is 44.9 Å². The predicted molar refractivity (Wildman–Crippen MR) is 113 cm³/mol. The number of allylic oxidation sites excluding steroid dienone is 1. The van der Waals surface area contributed by atoms with Gasteiger partial charge >= 0.3 is 5.97 Å². The molecule has 0 aromatic rings. The van der Waals surface area contributed by atoms with E-state index in [1.165, 1.54) is 24.8 Å². The van der Waals surface area contributed by atoms with Crippen molar-refractivity contribution in [3.63, 3.8) is 0 Å². The number of aliphatic hydroxyl groups is 2. The van der Waals surface area contributed by atoms with Gasteiger partial charge in [0.2, 0.25) is 0 Å². The maximum atomic E-state index is 10.8. The van der Waals surface area contributed by atoms with Crippen molar-refractivity contribution in [2.24, 2.45) is 23.7 Å². The van der Waals surface area contributed by atoms with Crippen molar-refractivity contribution >= 4 is 5.97 Å². The molecule has 3 aliphatic carbocycles. The molecule has 166 valence electrons. The van der Waals surface area contributed by atoms with Crippen molar-refractivity contribution in [2.45, 2.75) is 102 Å². The summed E-state index contributed by atoms with van der Waals surface area (Å²) in [5, 5.41) is 30.4. The zero-order valence-corrected chi connectivity index (χ0v) is 18.2. The molecule has 5 nitrogen and oxygen atoms in total. The van der Waals surface area contributed by atoms with Crippen LogP contribution in [0, 0.1) is 23.7 Å². The number of methoxy groups -OCH3 is 1. The molecule has 29 heavy (non-hydrogen) atoms. The average Bonchev–Trinajstić information content (AvgIpc) is 2.72. The number of carbonyl (C=O) groups is 1. The third-order valence-corrected chi connectivity index (χ3v) is 8.14. The highest BCUT2D eigenvalue weighted by atomic mass is 16.5. The van der Waals surface area contributed by atoms with E-state index in [9.17, 15) is 15.0 Å². The lowest BCUT2D eigenvalue weighted by atomic mass is 9.47. The van der Waals surface area contributed by atoms with Crippen LogP contribution in [0.4, 0.5) is 0 Å². The third-order valence-electron chi connectivity index (χ3n) is 8.14. The number of carboxylic acids is 1. The zero-order valence-electron chi connectivity index (χ0n) is 18.2. The Bertz CT molecular complexity index is 582. The highest BCUT2D eigenvalue weighted by Gasteiger charge is 2.62. The van der Waals surface area contributed by atoms with Crippen LogP contribution in [0.2, 0.25) is 0 Å². The molecule has 2 unspecified atom stereocenters. The molecule has 0 bridgehead atoms. The molecule has 0 aliphatic heterocycles. The second kappa shape index (κ2) is 9.93. The van der Waals surface area contributed by atoms with Crippen LogP contribution >= 0.6 is 0 Å². The second-order valence-corrected chi connectivity index (χ2v) is 9.67. The van der Waals surface area contributed by atoms with Gasteiger partial charge < -0.3 is 20.1 Å². The van der Waals surface area contributed by atoms with Gasteiger partial charge in [0.15, 0.2) is 0 Å². The summed E-state index contributed by atoms with van der Waals surface area (Å²) in [5.74, 6) is 0.460. The summed E-state index contributed by atoms with van der Waals surface area (Å²) in [6.07, 6.45) is 12.4. The Morgan fingerprint density at radius 2 is 2.00 bits per heavy atom. The van der Waals surface area contributed by atoms with Gasteiger partial charge in [-0.25, -0.2) is 0 Å². The van der Waals surface area contributed by atoms with Crippen LogP contribution in [0.25, 0.3) is 0 Å². The minimum Gasteiger partial charge on any atom is -0.481 e. The van der Waals surface area contributed by atoms with Crippen LogP contribution in [0.1, 0.15) is 84.0 Å². The molecule has 0 aromatic carbocycles. The molecule has 3 fully saturated rings. The molecule has 0 radical (unpaired) electrons. The molecule has 0 spiro atoms. The summed E-state index contributed by atoms with van der Waals surface area (Å²) in [7, 11) is 1.77. The molecule has 3 rings (SSSR count). The Morgan fingerprint density at radius 1 is 1.28 bits per heavy atom. The Morgan fingerprint density at radius 3 is 2.66 bits per heavy atom. The Hall–Kier alpha value is -0.910. The second-order valence-electron chi connectivity index (χ2n) is 9.67. The maximum Gasteiger partial charge on any atom is 0.303 e. The number of hydrogen-bond donors (Lipinski definition) is 3. The van der Waals surface area contributed by atoms with Gasteiger partial charge in [0.1, 0.15) is 0 Å². The summed E-state index contributed by atoms with van der Waals surface area (Å²) in [4.78, 5) is 10.8. The van der Waals surface area contributed by atoms with Crippen molar-refractivity contribution in [3.8, 4) is 0 Å². The summed E-state index contributed by atoms with van der Waals surface area (Å²) in [5.41, 5.74) is 0.989. The Balaban J connectivity index is 1.63. The normalized spacial score (nSPS) is 37.7. The SMILES string of the molecule is CO[C@]12CC[C@@H](O)[C@H](CCC(O)C3CCCCC3)[C@H]1C(C)C2=CCCCC(=O)O. The monoisotopic (exact) mass is 408 g/mol. The topological polar surface area (TPSA) is 87.0 Å². The molecule has 0 heterocycles. The van der Waals surface area contributed by atoms with Crippen molar-refractivity contribution in [2.75, 3.05) is 7.11 Å². The molecule has 0 saturated heterocycles. The average molecular weight is 409 g/mol. The van der Waals surface area contributed by atoms with Crippen LogP contribution in [0.3, 0.4) is 0 Å². The summed E-state index contributed by atoms with van der Waals surface area (Å²) in [6.45, 7) is 2.22. The number of aliphatic hydroxyl groups excluding tert-OH is 2. The highest BCUT2D eigenvalue weighted by molar-refractivity contribution is 5.66. The van der Waals surface area contributed by atoms with Gasteiger partial charge in [0.25, 0.3) is 0 Å².